The van der Waals surface area contributed by atoms with Gasteiger partial charge >= 0.3 is 0 Å². The molecule has 0 saturated heterocycles. The number of carbonyl (C=O) groups is 2. The van der Waals surface area contributed by atoms with Crippen LogP contribution in [-0.2, 0) is 16.0 Å². The number of benzene rings is 1. The summed E-state index contributed by atoms with van der Waals surface area (Å²) in [5, 5.41) is 17.2. The van der Waals surface area contributed by atoms with Gasteiger partial charge in [-0.05, 0) is 35.7 Å². The second kappa shape index (κ2) is 7.98. The van der Waals surface area contributed by atoms with Crippen LogP contribution in [-0.4, -0.2) is 34.6 Å². The number of hydrogen-bond donors (Lipinski definition) is 1. The number of amides is 2. The van der Waals surface area contributed by atoms with Gasteiger partial charge in [0.05, 0.1) is 10.6 Å². The maximum Gasteiger partial charge on any atom is 0.273 e. The number of rotatable bonds is 4. The molecule has 2 amide bonds. The van der Waals surface area contributed by atoms with Crippen LogP contribution in [0.5, 0.6) is 0 Å². The molecule has 2 heterocycles. The number of pyridine rings is 1. The van der Waals surface area contributed by atoms with Gasteiger partial charge < -0.3 is 5.32 Å². The largest absolute Gasteiger partial charge is 0.305 e. The summed E-state index contributed by atoms with van der Waals surface area (Å²) in [6.07, 6.45) is 2.85. The fourth-order valence-corrected chi connectivity index (χ4v) is 2.86. The number of halogens is 1. The molecular formula is C19H16ClN5O2. The molecule has 136 valence electrons. The molecule has 7 nitrogen and oxygen atoms in total. The minimum Gasteiger partial charge on any atom is -0.305 e. The van der Waals surface area contributed by atoms with E-state index in [4.69, 9.17) is 16.9 Å². The van der Waals surface area contributed by atoms with Crippen molar-refractivity contribution in [2.24, 2.45) is 5.10 Å². The summed E-state index contributed by atoms with van der Waals surface area (Å²) >= 11 is 6.05. The molecule has 1 aromatic carbocycles. The predicted octanol–water partition coefficient (Wildman–Crippen LogP) is 2.74. The first kappa shape index (κ1) is 18.5. The molecule has 0 saturated carbocycles. The summed E-state index contributed by atoms with van der Waals surface area (Å²) in [6, 6.07) is 10.9. The quantitative estimate of drug-likeness (QED) is 0.880. The third kappa shape index (κ3) is 4.49. The molecule has 8 heteroatoms. The third-order valence-electron chi connectivity index (χ3n) is 4.10. The number of nitrogens with one attached hydrogen (secondary N) is 1. The van der Waals surface area contributed by atoms with Crippen LogP contribution in [0.4, 0.5) is 5.82 Å². The fourth-order valence-electron chi connectivity index (χ4n) is 2.62. The van der Waals surface area contributed by atoms with E-state index in [1.54, 1.807) is 24.4 Å². The first-order valence-corrected chi connectivity index (χ1v) is 8.63. The standard InChI is InChI=1S/C19H16ClN5O2/c1-25-18(26)7-5-16(24-25)19(27)23-17-6-3-13(11-22-17)8-12-2-4-14(10-21)15(20)9-12/h2-4,6,9,11H,5,7-8H2,1H3,(H,22,23,27). The van der Waals surface area contributed by atoms with Gasteiger partial charge in [-0.3, -0.25) is 9.59 Å². The topological polar surface area (TPSA) is 98.5 Å². The van der Waals surface area contributed by atoms with Gasteiger partial charge in [-0.25, -0.2) is 9.99 Å². The van der Waals surface area contributed by atoms with Crippen LogP contribution in [0.25, 0.3) is 0 Å². The average Bonchev–Trinajstić information content (AvgIpc) is 2.65. The van der Waals surface area contributed by atoms with Crippen LogP contribution in [0.1, 0.15) is 29.5 Å². The van der Waals surface area contributed by atoms with Crippen molar-refractivity contribution in [3.05, 3.63) is 58.2 Å². The maximum absolute atomic E-state index is 12.2. The highest BCUT2D eigenvalue weighted by Crippen LogP contribution is 2.19. The van der Waals surface area contributed by atoms with Gasteiger partial charge in [0.1, 0.15) is 17.6 Å². The molecule has 0 spiro atoms. The summed E-state index contributed by atoms with van der Waals surface area (Å²) in [7, 11) is 1.53. The molecule has 27 heavy (non-hydrogen) atoms. The van der Waals surface area contributed by atoms with Crippen molar-refractivity contribution in [1.82, 2.24) is 9.99 Å². The van der Waals surface area contributed by atoms with E-state index >= 15 is 0 Å². The van der Waals surface area contributed by atoms with Crippen molar-refractivity contribution in [2.75, 3.05) is 12.4 Å². The van der Waals surface area contributed by atoms with Gasteiger partial charge in [0.15, 0.2) is 0 Å². The zero-order valence-corrected chi connectivity index (χ0v) is 15.3. The highest BCUT2D eigenvalue weighted by molar-refractivity contribution is 6.43. The minimum absolute atomic E-state index is 0.114. The first-order valence-electron chi connectivity index (χ1n) is 8.25. The lowest BCUT2D eigenvalue weighted by Crippen LogP contribution is -2.34. The van der Waals surface area contributed by atoms with Crippen LogP contribution in [0, 0.1) is 11.3 Å². The van der Waals surface area contributed by atoms with Crippen LogP contribution in [0.2, 0.25) is 5.02 Å². The third-order valence-corrected chi connectivity index (χ3v) is 4.41. The number of nitrogens with zero attached hydrogens (tertiary/aromatic N) is 4. The Kier molecular flexibility index (Phi) is 5.48. The van der Waals surface area contributed by atoms with Crippen LogP contribution < -0.4 is 5.32 Å². The van der Waals surface area contributed by atoms with Crippen molar-refractivity contribution in [3.63, 3.8) is 0 Å². The molecule has 0 aliphatic carbocycles. The summed E-state index contributed by atoms with van der Waals surface area (Å²) in [6.45, 7) is 0. The molecule has 2 aromatic rings. The molecule has 0 atom stereocenters. The number of aromatic nitrogens is 1. The predicted molar refractivity (Wildman–Crippen MR) is 101 cm³/mol. The molecular weight excluding hydrogens is 366 g/mol. The molecule has 3 rings (SSSR count). The van der Waals surface area contributed by atoms with Crippen molar-refractivity contribution < 1.29 is 9.59 Å². The van der Waals surface area contributed by atoms with Gasteiger partial charge in [-0.15, -0.1) is 0 Å². The highest BCUT2D eigenvalue weighted by atomic mass is 35.5. The Labute approximate surface area is 161 Å². The Morgan fingerprint density at radius 1 is 1.30 bits per heavy atom. The number of nitriles is 1. The van der Waals surface area contributed by atoms with Crippen molar-refractivity contribution >= 4 is 34.9 Å². The SMILES string of the molecule is CN1N=C(C(=O)Nc2ccc(Cc3ccc(C#N)c(Cl)c3)cn2)CCC1=O. The fraction of sp³-hybridized carbons (Fsp3) is 0.211. The summed E-state index contributed by atoms with van der Waals surface area (Å²) in [5.74, 6) is -0.0747. The lowest BCUT2D eigenvalue weighted by Gasteiger charge is -2.18. The molecule has 1 aliphatic rings. The van der Waals surface area contributed by atoms with Gasteiger partial charge in [-0.2, -0.15) is 10.4 Å². The van der Waals surface area contributed by atoms with Gasteiger partial charge in [0, 0.05) is 26.1 Å². The second-order valence-electron chi connectivity index (χ2n) is 6.07. The minimum atomic E-state index is -0.367. The normalized spacial score (nSPS) is 13.7. The van der Waals surface area contributed by atoms with E-state index in [-0.39, 0.29) is 18.2 Å². The van der Waals surface area contributed by atoms with Crippen LogP contribution in [0.3, 0.4) is 0 Å². The number of carbonyl (C=O) groups excluding carboxylic acids is 2. The van der Waals surface area contributed by atoms with E-state index in [1.165, 1.54) is 12.1 Å². The van der Waals surface area contributed by atoms with E-state index in [0.29, 0.717) is 35.0 Å². The van der Waals surface area contributed by atoms with Gasteiger partial charge in [-0.1, -0.05) is 23.7 Å². The van der Waals surface area contributed by atoms with E-state index in [9.17, 15) is 9.59 Å². The maximum atomic E-state index is 12.2. The van der Waals surface area contributed by atoms with Gasteiger partial charge in [0.2, 0.25) is 5.91 Å². The van der Waals surface area contributed by atoms with E-state index in [2.05, 4.69) is 15.4 Å². The van der Waals surface area contributed by atoms with Crippen molar-refractivity contribution in [2.45, 2.75) is 19.3 Å². The van der Waals surface area contributed by atoms with E-state index in [1.807, 2.05) is 18.2 Å². The molecule has 1 aliphatic heterocycles. The zero-order chi connectivity index (χ0) is 19.4. The zero-order valence-electron chi connectivity index (χ0n) is 14.6. The Bertz CT molecular complexity index is 963. The lowest BCUT2D eigenvalue weighted by atomic mass is 10.1. The van der Waals surface area contributed by atoms with E-state index < -0.39 is 0 Å². The van der Waals surface area contributed by atoms with Crippen LogP contribution >= 0.6 is 11.6 Å². The van der Waals surface area contributed by atoms with E-state index in [0.717, 1.165) is 11.1 Å². The number of anilines is 1. The molecule has 0 fully saturated rings. The molecule has 0 radical (unpaired) electrons. The number of hydrogen-bond acceptors (Lipinski definition) is 5. The Morgan fingerprint density at radius 3 is 2.70 bits per heavy atom. The monoisotopic (exact) mass is 381 g/mol. The summed E-state index contributed by atoms with van der Waals surface area (Å²) < 4.78 is 0. The van der Waals surface area contributed by atoms with Crippen LogP contribution in [0.15, 0.2) is 41.6 Å². The average molecular weight is 382 g/mol. The molecule has 0 unspecified atom stereocenters. The Balaban J connectivity index is 1.64. The van der Waals surface area contributed by atoms with Gasteiger partial charge in [0.25, 0.3) is 5.91 Å². The number of hydrazone groups is 1. The summed E-state index contributed by atoms with van der Waals surface area (Å²) in [5.41, 5.74) is 2.64. The van der Waals surface area contributed by atoms with Crippen molar-refractivity contribution in [3.8, 4) is 6.07 Å². The second-order valence-corrected chi connectivity index (χ2v) is 6.48. The molecule has 0 bridgehead atoms. The Morgan fingerprint density at radius 2 is 2.07 bits per heavy atom. The molecule has 1 N–H and O–H groups in total. The summed E-state index contributed by atoms with van der Waals surface area (Å²) in [4.78, 5) is 27.9. The first-order chi connectivity index (χ1) is 13.0. The lowest BCUT2D eigenvalue weighted by molar-refractivity contribution is -0.130. The highest BCUT2D eigenvalue weighted by Gasteiger charge is 2.22. The Hall–Kier alpha value is -3.24. The van der Waals surface area contributed by atoms with Crippen molar-refractivity contribution in [1.29, 1.82) is 5.26 Å². The smallest absolute Gasteiger partial charge is 0.273 e. The molecule has 1 aromatic heterocycles.